The van der Waals surface area contributed by atoms with Crippen LogP contribution in [0.4, 0.5) is 5.82 Å². The first kappa shape index (κ1) is 14.6. The zero-order chi connectivity index (χ0) is 15.7. The number of pyridine rings is 1. The van der Waals surface area contributed by atoms with E-state index in [1.165, 1.54) is 12.1 Å². The lowest BCUT2D eigenvalue weighted by molar-refractivity contribution is 0.0737. The monoisotopic (exact) mass is 332 g/mol. The lowest BCUT2D eigenvalue weighted by Crippen LogP contribution is -2.09. The smallest absolute Gasteiger partial charge is 0.343 e. The molecule has 2 N–H and O–H groups in total. The highest BCUT2D eigenvalue weighted by Crippen LogP contribution is 2.26. The van der Waals surface area contributed by atoms with Gasteiger partial charge in [0.1, 0.15) is 11.3 Å². The third-order valence-electron chi connectivity index (χ3n) is 3.01. The number of nitrogens with two attached hydrogens (primary N) is 1. The maximum atomic E-state index is 12.2. The highest BCUT2D eigenvalue weighted by molar-refractivity contribution is 6.35. The van der Waals surface area contributed by atoms with E-state index in [1.807, 2.05) is 12.1 Å². The van der Waals surface area contributed by atoms with Gasteiger partial charge in [0, 0.05) is 15.4 Å². The Balaban J connectivity index is 1.99. The van der Waals surface area contributed by atoms with Gasteiger partial charge in [0.05, 0.1) is 5.56 Å². The van der Waals surface area contributed by atoms with Gasteiger partial charge in [0.2, 0.25) is 0 Å². The largest absolute Gasteiger partial charge is 0.421 e. The number of hydrogen-bond donors (Lipinski definition) is 1. The van der Waals surface area contributed by atoms with E-state index in [0.717, 1.165) is 5.39 Å². The van der Waals surface area contributed by atoms with Crippen LogP contribution in [0, 0.1) is 0 Å². The number of ether oxygens (including phenoxy) is 1. The normalized spacial score (nSPS) is 10.6. The first-order chi connectivity index (χ1) is 10.5. The maximum absolute atomic E-state index is 12.2. The van der Waals surface area contributed by atoms with Crippen LogP contribution in [0.5, 0.6) is 5.75 Å². The molecule has 0 unspecified atom stereocenters. The first-order valence-corrected chi connectivity index (χ1v) is 7.12. The number of aromatic nitrogens is 1. The van der Waals surface area contributed by atoms with Gasteiger partial charge < -0.3 is 10.5 Å². The van der Waals surface area contributed by atoms with E-state index in [0.29, 0.717) is 27.1 Å². The molecule has 0 aliphatic carbocycles. The number of hydrogen-bond acceptors (Lipinski definition) is 4. The lowest BCUT2D eigenvalue weighted by Gasteiger charge is -2.08. The number of halogens is 2. The summed E-state index contributed by atoms with van der Waals surface area (Å²) in [5, 5.41) is 1.54. The van der Waals surface area contributed by atoms with Crippen molar-refractivity contribution in [1.82, 2.24) is 4.98 Å². The number of esters is 1. The second kappa shape index (κ2) is 5.83. The van der Waals surface area contributed by atoms with Gasteiger partial charge >= 0.3 is 5.97 Å². The van der Waals surface area contributed by atoms with Gasteiger partial charge in [-0.3, -0.25) is 0 Å². The van der Waals surface area contributed by atoms with E-state index in [1.54, 1.807) is 24.3 Å². The number of carbonyl (C=O) groups is 1. The van der Waals surface area contributed by atoms with Crippen LogP contribution in [0.2, 0.25) is 10.0 Å². The highest BCUT2D eigenvalue weighted by atomic mass is 35.5. The molecule has 0 saturated carbocycles. The van der Waals surface area contributed by atoms with Gasteiger partial charge in [-0.1, -0.05) is 35.3 Å². The second-order valence-electron chi connectivity index (χ2n) is 4.61. The van der Waals surface area contributed by atoms with Crippen LogP contribution in [0.1, 0.15) is 10.4 Å². The fourth-order valence-corrected chi connectivity index (χ4v) is 2.57. The Labute approximate surface area is 136 Å². The average Bonchev–Trinajstić information content (AvgIpc) is 2.47. The summed E-state index contributed by atoms with van der Waals surface area (Å²) in [5.41, 5.74) is 6.47. The molecule has 3 rings (SSSR count). The predicted molar refractivity (Wildman–Crippen MR) is 87.6 cm³/mol. The molecule has 0 fully saturated rings. The van der Waals surface area contributed by atoms with E-state index >= 15 is 0 Å². The molecule has 4 nitrogen and oxygen atoms in total. The molecule has 0 spiro atoms. The Morgan fingerprint density at radius 2 is 1.77 bits per heavy atom. The van der Waals surface area contributed by atoms with Gasteiger partial charge in [-0.05, 0) is 36.4 Å². The van der Waals surface area contributed by atoms with Crippen LogP contribution in [0.25, 0.3) is 10.9 Å². The molecule has 3 aromatic rings. The van der Waals surface area contributed by atoms with Crippen molar-refractivity contribution in [3.05, 3.63) is 64.1 Å². The van der Waals surface area contributed by atoms with Crippen molar-refractivity contribution < 1.29 is 9.53 Å². The molecule has 0 aliphatic rings. The Morgan fingerprint density at radius 1 is 1.05 bits per heavy atom. The maximum Gasteiger partial charge on any atom is 0.343 e. The number of nitrogens with zero attached hydrogens (tertiary/aromatic N) is 1. The molecule has 0 amide bonds. The molecule has 0 saturated heterocycles. The summed E-state index contributed by atoms with van der Waals surface area (Å²) in [6, 6.07) is 13.3. The number of rotatable bonds is 2. The number of nitrogen functional groups attached to an aromatic ring is 1. The Bertz CT molecular complexity index is 861. The molecule has 1 heterocycles. The lowest BCUT2D eigenvalue weighted by atomic mass is 10.2. The Hall–Kier alpha value is -2.30. The van der Waals surface area contributed by atoms with Gasteiger partial charge in [0.25, 0.3) is 0 Å². The highest BCUT2D eigenvalue weighted by Gasteiger charge is 2.13. The van der Waals surface area contributed by atoms with Gasteiger partial charge in [-0.25, -0.2) is 9.78 Å². The number of para-hydroxylation sites is 1. The minimum Gasteiger partial charge on any atom is -0.421 e. The minimum absolute atomic E-state index is 0.262. The average molecular weight is 333 g/mol. The van der Waals surface area contributed by atoms with E-state index < -0.39 is 5.97 Å². The van der Waals surface area contributed by atoms with Crippen LogP contribution in [-0.2, 0) is 0 Å². The minimum atomic E-state index is -0.568. The summed E-state index contributed by atoms with van der Waals surface area (Å²) in [4.78, 5) is 16.5. The van der Waals surface area contributed by atoms with Crippen LogP contribution < -0.4 is 10.5 Å². The van der Waals surface area contributed by atoms with Crippen molar-refractivity contribution in [3.63, 3.8) is 0 Å². The van der Waals surface area contributed by atoms with E-state index in [-0.39, 0.29) is 5.56 Å². The number of fused-ring (bicyclic) bond motifs is 1. The summed E-state index contributed by atoms with van der Waals surface area (Å²) in [5.74, 6) is 0.105. The molecule has 0 radical (unpaired) electrons. The summed E-state index contributed by atoms with van der Waals surface area (Å²) >= 11 is 11.8. The van der Waals surface area contributed by atoms with Gasteiger partial charge in [-0.15, -0.1) is 0 Å². The molecule has 110 valence electrons. The van der Waals surface area contributed by atoms with E-state index in [2.05, 4.69) is 4.98 Å². The third kappa shape index (κ3) is 2.98. The third-order valence-corrected chi connectivity index (χ3v) is 3.44. The molecule has 6 heteroatoms. The molecule has 1 aromatic heterocycles. The number of carbonyl (C=O) groups excluding carboxylic acids is 1. The molecule has 2 aromatic carbocycles. The fraction of sp³-hybridized carbons (Fsp3) is 0. The summed E-state index contributed by atoms with van der Waals surface area (Å²) in [6.07, 6.45) is 0. The standard InChI is InChI=1S/C16H10Cl2N2O2/c17-11-6-10(7-12(18)8-11)16(21)22-13-3-1-2-9-4-5-14(19)20-15(9)13/h1-8H,(H2,19,20). The Morgan fingerprint density at radius 3 is 2.50 bits per heavy atom. The molecule has 0 bridgehead atoms. The first-order valence-electron chi connectivity index (χ1n) is 6.36. The van der Waals surface area contributed by atoms with Crippen molar-refractivity contribution in [1.29, 1.82) is 0 Å². The van der Waals surface area contributed by atoms with Crippen molar-refractivity contribution in [2.75, 3.05) is 5.73 Å². The van der Waals surface area contributed by atoms with Crippen LogP contribution in [0.15, 0.2) is 48.5 Å². The fourth-order valence-electron chi connectivity index (χ4n) is 2.05. The molecular formula is C16H10Cl2N2O2. The predicted octanol–water partition coefficient (Wildman–Crippen LogP) is 4.34. The van der Waals surface area contributed by atoms with Crippen LogP contribution in [0.3, 0.4) is 0 Å². The Kier molecular flexibility index (Phi) is 3.88. The van der Waals surface area contributed by atoms with Crippen molar-refractivity contribution in [2.24, 2.45) is 0 Å². The van der Waals surface area contributed by atoms with Gasteiger partial charge in [0.15, 0.2) is 5.75 Å². The van der Waals surface area contributed by atoms with E-state index in [4.69, 9.17) is 33.7 Å². The van der Waals surface area contributed by atoms with Gasteiger partial charge in [-0.2, -0.15) is 0 Å². The quantitative estimate of drug-likeness (QED) is 0.559. The van der Waals surface area contributed by atoms with Crippen molar-refractivity contribution >= 4 is 45.9 Å². The van der Waals surface area contributed by atoms with Crippen molar-refractivity contribution in [3.8, 4) is 5.75 Å². The zero-order valence-corrected chi connectivity index (χ0v) is 12.7. The SMILES string of the molecule is Nc1ccc2cccc(OC(=O)c3cc(Cl)cc(Cl)c3)c2n1. The number of benzene rings is 2. The molecule has 22 heavy (non-hydrogen) atoms. The number of anilines is 1. The second-order valence-corrected chi connectivity index (χ2v) is 5.48. The van der Waals surface area contributed by atoms with Crippen LogP contribution >= 0.6 is 23.2 Å². The summed E-state index contributed by atoms with van der Waals surface area (Å²) < 4.78 is 5.40. The molecule has 0 atom stereocenters. The molecule has 0 aliphatic heterocycles. The van der Waals surface area contributed by atoms with Crippen LogP contribution in [-0.4, -0.2) is 11.0 Å². The molecular weight excluding hydrogens is 323 g/mol. The summed E-state index contributed by atoms with van der Waals surface area (Å²) in [7, 11) is 0. The zero-order valence-electron chi connectivity index (χ0n) is 11.2. The van der Waals surface area contributed by atoms with E-state index in [9.17, 15) is 4.79 Å². The topological polar surface area (TPSA) is 65.2 Å². The van der Waals surface area contributed by atoms with Crippen molar-refractivity contribution in [2.45, 2.75) is 0 Å². The summed E-state index contributed by atoms with van der Waals surface area (Å²) in [6.45, 7) is 0.